The molecule has 90 valence electrons. The van der Waals surface area contributed by atoms with Gasteiger partial charge in [-0.05, 0) is 37.5 Å². The Morgan fingerprint density at radius 2 is 1.87 bits per heavy atom. The highest BCUT2D eigenvalue weighted by molar-refractivity contribution is 4.94. The van der Waals surface area contributed by atoms with Crippen LogP contribution < -0.4 is 0 Å². The molecule has 15 heavy (non-hydrogen) atoms. The molecule has 0 saturated heterocycles. The summed E-state index contributed by atoms with van der Waals surface area (Å²) in [6.45, 7) is 8.32. The van der Waals surface area contributed by atoms with Crippen LogP contribution in [-0.4, -0.2) is 21.9 Å². The van der Waals surface area contributed by atoms with E-state index in [1.807, 2.05) is 0 Å². The van der Waals surface area contributed by atoms with Gasteiger partial charge in [-0.15, -0.1) is 0 Å². The van der Waals surface area contributed by atoms with Crippen molar-refractivity contribution >= 4 is 0 Å². The van der Waals surface area contributed by atoms with Crippen molar-refractivity contribution in [3.63, 3.8) is 0 Å². The zero-order chi connectivity index (χ0) is 11.6. The number of hydrogen-bond acceptors (Lipinski definition) is 2. The van der Waals surface area contributed by atoms with Crippen molar-refractivity contribution in [1.82, 2.24) is 0 Å². The molecular weight excluding hydrogens is 188 g/mol. The van der Waals surface area contributed by atoms with E-state index in [0.29, 0.717) is 24.2 Å². The number of aliphatic hydroxyl groups is 2. The van der Waals surface area contributed by atoms with Crippen molar-refractivity contribution < 1.29 is 10.2 Å². The Balaban J connectivity index is 2.76. The molecule has 0 heterocycles. The summed E-state index contributed by atoms with van der Waals surface area (Å²) in [6.07, 6.45) is 3.29. The van der Waals surface area contributed by atoms with Crippen molar-refractivity contribution in [3.05, 3.63) is 0 Å². The van der Waals surface area contributed by atoms with Gasteiger partial charge < -0.3 is 10.2 Å². The minimum Gasteiger partial charge on any atom is -0.393 e. The first-order chi connectivity index (χ1) is 6.85. The summed E-state index contributed by atoms with van der Waals surface area (Å²) in [7, 11) is 0. The lowest BCUT2D eigenvalue weighted by Gasteiger charge is -2.45. The van der Waals surface area contributed by atoms with Crippen molar-refractivity contribution in [3.8, 4) is 0 Å². The second kappa shape index (κ2) is 4.84. The third kappa shape index (κ3) is 3.18. The molecular formula is C13H26O2. The van der Waals surface area contributed by atoms with E-state index in [1.54, 1.807) is 6.92 Å². The lowest BCUT2D eigenvalue weighted by atomic mass is 9.65. The van der Waals surface area contributed by atoms with Gasteiger partial charge in [-0.25, -0.2) is 0 Å². The van der Waals surface area contributed by atoms with Crippen LogP contribution in [0.2, 0.25) is 0 Å². The molecule has 2 heteroatoms. The Hall–Kier alpha value is -0.0800. The van der Waals surface area contributed by atoms with Crippen LogP contribution in [-0.2, 0) is 0 Å². The quantitative estimate of drug-likeness (QED) is 0.758. The number of rotatable bonds is 3. The lowest BCUT2D eigenvalue weighted by molar-refractivity contribution is -0.104. The summed E-state index contributed by atoms with van der Waals surface area (Å²) in [6, 6.07) is 0. The lowest BCUT2D eigenvalue weighted by Crippen LogP contribution is -2.47. The molecule has 0 aromatic heterocycles. The molecule has 2 nitrogen and oxygen atoms in total. The van der Waals surface area contributed by atoms with E-state index in [4.69, 9.17) is 0 Å². The van der Waals surface area contributed by atoms with Crippen LogP contribution in [0.1, 0.15) is 53.4 Å². The van der Waals surface area contributed by atoms with Crippen LogP contribution in [0.25, 0.3) is 0 Å². The van der Waals surface area contributed by atoms with Crippen molar-refractivity contribution in [1.29, 1.82) is 0 Å². The number of hydrogen-bond donors (Lipinski definition) is 2. The molecule has 0 aromatic carbocycles. The third-order valence-electron chi connectivity index (χ3n) is 3.82. The monoisotopic (exact) mass is 214 g/mol. The third-order valence-corrected chi connectivity index (χ3v) is 3.82. The summed E-state index contributed by atoms with van der Waals surface area (Å²) < 4.78 is 0. The second-order valence-electron chi connectivity index (χ2n) is 5.89. The zero-order valence-corrected chi connectivity index (χ0v) is 10.5. The van der Waals surface area contributed by atoms with E-state index in [1.165, 1.54) is 6.42 Å². The smallest absolute Gasteiger partial charge is 0.0705 e. The molecule has 1 aliphatic rings. The van der Waals surface area contributed by atoms with Crippen molar-refractivity contribution in [2.24, 2.45) is 17.8 Å². The van der Waals surface area contributed by atoms with Crippen LogP contribution in [0, 0.1) is 17.8 Å². The van der Waals surface area contributed by atoms with Crippen LogP contribution >= 0.6 is 0 Å². The molecule has 2 N–H and O–H groups in total. The van der Waals surface area contributed by atoms with Gasteiger partial charge in [-0.1, -0.05) is 27.2 Å². The maximum atomic E-state index is 10.7. The van der Waals surface area contributed by atoms with E-state index in [9.17, 15) is 10.2 Å². The molecule has 0 radical (unpaired) electrons. The highest BCUT2D eigenvalue weighted by atomic mass is 16.3. The molecule has 1 rings (SSSR count). The minimum absolute atomic E-state index is 0.350. The van der Waals surface area contributed by atoms with Gasteiger partial charge in [0.15, 0.2) is 0 Å². The van der Waals surface area contributed by atoms with Crippen molar-refractivity contribution in [2.75, 3.05) is 0 Å². The van der Waals surface area contributed by atoms with Gasteiger partial charge in [0.2, 0.25) is 0 Å². The van der Waals surface area contributed by atoms with E-state index in [-0.39, 0.29) is 0 Å². The van der Waals surface area contributed by atoms with Gasteiger partial charge >= 0.3 is 0 Å². The fourth-order valence-electron chi connectivity index (χ4n) is 3.29. The van der Waals surface area contributed by atoms with Gasteiger partial charge in [-0.3, -0.25) is 0 Å². The average molecular weight is 214 g/mol. The molecule has 1 fully saturated rings. The summed E-state index contributed by atoms with van der Waals surface area (Å²) in [5, 5.41) is 20.2. The van der Waals surface area contributed by atoms with E-state index in [0.717, 1.165) is 12.8 Å². The Kier molecular flexibility index (Phi) is 4.19. The van der Waals surface area contributed by atoms with Gasteiger partial charge in [0.25, 0.3) is 0 Å². The summed E-state index contributed by atoms with van der Waals surface area (Å²) in [5.41, 5.74) is -0.639. The van der Waals surface area contributed by atoms with Crippen LogP contribution in [0.5, 0.6) is 0 Å². The average Bonchev–Trinajstić information content (AvgIpc) is 1.99. The number of aliphatic hydroxyl groups excluding tert-OH is 1. The highest BCUT2D eigenvalue weighted by Crippen LogP contribution is 2.43. The maximum Gasteiger partial charge on any atom is 0.0705 e. The first-order valence-electron chi connectivity index (χ1n) is 6.25. The van der Waals surface area contributed by atoms with Crippen molar-refractivity contribution in [2.45, 2.75) is 65.1 Å². The molecule has 4 atom stereocenters. The topological polar surface area (TPSA) is 40.5 Å². The predicted octanol–water partition coefficient (Wildman–Crippen LogP) is 2.58. The molecule has 0 aromatic rings. The Labute approximate surface area is 93.7 Å². The molecule has 4 unspecified atom stereocenters. The first kappa shape index (κ1) is 13.0. The Morgan fingerprint density at radius 3 is 2.33 bits per heavy atom. The fraction of sp³-hybridized carbons (Fsp3) is 1.00. The predicted molar refractivity (Wildman–Crippen MR) is 62.6 cm³/mol. The molecule has 0 spiro atoms. The molecule has 1 aliphatic carbocycles. The Morgan fingerprint density at radius 1 is 1.27 bits per heavy atom. The van der Waals surface area contributed by atoms with Crippen LogP contribution in [0.3, 0.4) is 0 Å². The van der Waals surface area contributed by atoms with Crippen LogP contribution in [0.4, 0.5) is 0 Å². The maximum absolute atomic E-state index is 10.7. The summed E-state index contributed by atoms with van der Waals surface area (Å²) in [5.74, 6) is 1.44. The molecule has 0 bridgehead atoms. The van der Waals surface area contributed by atoms with Crippen LogP contribution in [0.15, 0.2) is 0 Å². The molecule has 0 amide bonds. The fourth-order valence-corrected chi connectivity index (χ4v) is 3.29. The normalized spacial score (nSPS) is 39.4. The van der Waals surface area contributed by atoms with Gasteiger partial charge in [-0.2, -0.15) is 0 Å². The van der Waals surface area contributed by atoms with E-state index in [2.05, 4.69) is 20.8 Å². The summed E-state index contributed by atoms with van der Waals surface area (Å²) >= 11 is 0. The first-order valence-corrected chi connectivity index (χ1v) is 6.25. The highest BCUT2D eigenvalue weighted by Gasteiger charge is 2.43. The standard InChI is InChI=1S/C13H26O2/c1-9(2)12-6-5-10(3)7-13(12,15)8-11(4)14/h9-12,14-15H,5-8H2,1-4H3. The van der Waals surface area contributed by atoms with Gasteiger partial charge in [0, 0.05) is 6.42 Å². The SMILES string of the molecule is CC(O)CC1(O)CC(C)CCC1C(C)C. The minimum atomic E-state index is -0.639. The van der Waals surface area contributed by atoms with Gasteiger partial charge in [0.05, 0.1) is 11.7 Å². The summed E-state index contributed by atoms with van der Waals surface area (Å²) in [4.78, 5) is 0. The molecule has 0 aliphatic heterocycles. The van der Waals surface area contributed by atoms with Gasteiger partial charge in [0.1, 0.15) is 0 Å². The zero-order valence-electron chi connectivity index (χ0n) is 10.5. The second-order valence-corrected chi connectivity index (χ2v) is 5.89. The largest absolute Gasteiger partial charge is 0.393 e. The van der Waals surface area contributed by atoms with E-state index < -0.39 is 11.7 Å². The van der Waals surface area contributed by atoms with E-state index >= 15 is 0 Å². The molecule has 1 saturated carbocycles. The Bertz CT molecular complexity index is 197.